The van der Waals surface area contributed by atoms with Gasteiger partial charge in [-0.3, -0.25) is 9.48 Å². The van der Waals surface area contributed by atoms with Gasteiger partial charge in [0.25, 0.3) is 5.91 Å². The van der Waals surface area contributed by atoms with E-state index < -0.39 is 5.82 Å². The topological polar surface area (TPSA) is 47.4 Å². The van der Waals surface area contributed by atoms with E-state index >= 15 is 0 Å². The molecule has 4 rings (SSSR count). The van der Waals surface area contributed by atoms with E-state index in [-0.39, 0.29) is 12.5 Å². The number of fused-ring (bicyclic) bond motifs is 1. The average molecular weight is 337 g/mol. The molecule has 0 spiro atoms. The lowest BCUT2D eigenvalue weighted by molar-refractivity contribution is 0.0961. The molecule has 1 aromatic heterocycles. The second-order valence-corrected chi connectivity index (χ2v) is 5.75. The molecule has 1 amide bonds. The molecule has 0 radical (unpaired) electrons. The number of nitrogens with zero attached hydrogens (tertiary/aromatic N) is 3. The number of carbonyl (C=O) groups is 1. The van der Waals surface area contributed by atoms with Gasteiger partial charge in [-0.1, -0.05) is 30.3 Å². The largest absolute Gasteiger partial charge is 0.487 e. The normalized spacial score (nSPS) is 13.6. The molecule has 0 atom stereocenters. The molecular weight excluding hydrogens is 321 g/mol. The molecule has 0 fully saturated rings. The highest BCUT2D eigenvalue weighted by Crippen LogP contribution is 2.24. The molecule has 0 bridgehead atoms. The van der Waals surface area contributed by atoms with Crippen LogP contribution < -0.4 is 9.64 Å². The van der Waals surface area contributed by atoms with Crippen molar-refractivity contribution in [3.05, 3.63) is 77.9 Å². The Morgan fingerprint density at radius 3 is 2.60 bits per heavy atom. The summed E-state index contributed by atoms with van der Waals surface area (Å²) in [7, 11) is 0. The van der Waals surface area contributed by atoms with Gasteiger partial charge < -0.3 is 9.64 Å². The zero-order chi connectivity index (χ0) is 17.2. The van der Waals surface area contributed by atoms with Gasteiger partial charge in [-0.25, -0.2) is 4.39 Å². The molecule has 0 saturated carbocycles. The maximum Gasteiger partial charge on any atom is 0.276 e. The third kappa shape index (κ3) is 2.98. The highest BCUT2D eigenvalue weighted by molar-refractivity contribution is 6.05. The van der Waals surface area contributed by atoms with Crippen molar-refractivity contribution in [1.29, 1.82) is 0 Å². The van der Waals surface area contributed by atoms with E-state index in [4.69, 9.17) is 4.74 Å². The smallest absolute Gasteiger partial charge is 0.276 e. The summed E-state index contributed by atoms with van der Waals surface area (Å²) in [6.07, 6.45) is 0. The Kier molecular flexibility index (Phi) is 3.93. The SMILES string of the molecule is O=C1c2cc(COc3ccccc3)nn2CCN1c1ccccc1F. The predicted octanol–water partition coefficient (Wildman–Crippen LogP) is 3.26. The summed E-state index contributed by atoms with van der Waals surface area (Å²) in [6, 6.07) is 17.4. The van der Waals surface area contributed by atoms with Crippen molar-refractivity contribution < 1.29 is 13.9 Å². The van der Waals surface area contributed by atoms with Gasteiger partial charge >= 0.3 is 0 Å². The number of rotatable bonds is 4. The molecule has 0 aliphatic carbocycles. The zero-order valence-corrected chi connectivity index (χ0v) is 13.4. The Morgan fingerprint density at radius 1 is 1.04 bits per heavy atom. The molecule has 126 valence electrons. The monoisotopic (exact) mass is 337 g/mol. The Balaban J connectivity index is 1.54. The Bertz CT molecular complexity index is 908. The number of amides is 1. The van der Waals surface area contributed by atoms with Crippen LogP contribution in [0.25, 0.3) is 0 Å². The van der Waals surface area contributed by atoms with Gasteiger partial charge in [0.2, 0.25) is 0 Å². The second-order valence-electron chi connectivity index (χ2n) is 5.75. The Morgan fingerprint density at radius 2 is 1.80 bits per heavy atom. The number of anilines is 1. The van der Waals surface area contributed by atoms with Gasteiger partial charge in [-0.15, -0.1) is 0 Å². The van der Waals surface area contributed by atoms with Crippen molar-refractivity contribution in [3.63, 3.8) is 0 Å². The minimum absolute atomic E-state index is 0.255. The quantitative estimate of drug-likeness (QED) is 0.734. The van der Waals surface area contributed by atoms with Crippen LogP contribution in [0.1, 0.15) is 16.2 Å². The van der Waals surface area contributed by atoms with Crippen molar-refractivity contribution in [2.45, 2.75) is 13.2 Å². The molecule has 1 aliphatic heterocycles. The first-order valence-electron chi connectivity index (χ1n) is 8.03. The van der Waals surface area contributed by atoms with Crippen LogP contribution in [0, 0.1) is 5.82 Å². The summed E-state index contributed by atoms with van der Waals surface area (Å²) >= 11 is 0. The fourth-order valence-electron chi connectivity index (χ4n) is 2.89. The number of aromatic nitrogens is 2. The zero-order valence-electron chi connectivity index (χ0n) is 13.4. The Hall–Kier alpha value is -3.15. The van der Waals surface area contributed by atoms with Crippen molar-refractivity contribution in [2.75, 3.05) is 11.4 Å². The molecule has 3 aromatic rings. The van der Waals surface area contributed by atoms with Crippen LogP contribution in [0.4, 0.5) is 10.1 Å². The van der Waals surface area contributed by atoms with E-state index in [2.05, 4.69) is 5.10 Å². The highest BCUT2D eigenvalue weighted by Gasteiger charge is 2.28. The summed E-state index contributed by atoms with van der Waals surface area (Å²) in [6.45, 7) is 1.17. The minimum Gasteiger partial charge on any atom is -0.487 e. The maximum absolute atomic E-state index is 14.0. The average Bonchev–Trinajstić information content (AvgIpc) is 3.06. The maximum atomic E-state index is 14.0. The summed E-state index contributed by atoms with van der Waals surface area (Å²) in [4.78, 5) is 14.2. The molecule has 1 aliphatic rings. The minimum atomic E-state index is -0.406. The molecule has 2 aromatic carbocycles. The van der Waals surface area contributed by atoms with Crippen LogP contribution in [0.2, 0.25) is 0 Å². The van der Waals surface area contributed by atoms with Crippen LogP contribution >= 0.6 is 0 Å². The predicted molar refractivity (Wildman–Crippen MR) is 91.1 cm³/mol. The number of ether oxygens (including phenoxy) is 1. The van der Waals surface area contributed by atoms with Crippen LogP contribution in [0.15, 0.2) is 60.7 Å². The van der Waals surface area contributed by atoms with E-state index in [0.29, 0.717) is 30.2 Å². The summed E-state index contributed by atoms with van der Waals surface area (Å²) in [5.74, 6) is 0.0824. The number of hydrogen-bond acceptors (Lipinski definition) is 3. The van der Waals surface area contributed by atoms with Gasteiger partial charge in [-0.05, 0) is 30.3 Å². The molecule has 0 saturated heterocycles. The first-order valence-corrected chi connectivity index (χ1v) is 8.03. The van der Waals surface area contributed by atoms with Crippen molar-refractivity contribution in [3.8, 4) is 5.75 Å². The van der Waals surface area contributed by atoms with Crippen LogP contribution in [-0.2, 0) is 13.2 Å². The van der Waals surface area contributed by atoms with Gasteiger partial charge in [0.05, 0.1) is 12.2 Å². The summed E-state index contributed by atoms with van der Waals surface area (Å²) in [5, 5.41) is 4.42. The number of hydrogen-bond donors (Lipinski definition) is 0. The number of benzene rings is 2. The second kappa shape index (κ2) is 6.39. The van der Waals surface area contributed by atoms with Crippen LogP contribution in [0.5, 0.6) is 5.75 Å². The van der Waals surface area contributed by atoms with Gasteiger partial charge in [0, 0.05) is 6.54 Å². The fraction of sp³-hybridized carbons (Fsp3) is 0.158. The van der Waals surface area contributed by atoms with E-state index in [1.165, 1.54) is 11.0 Å². The summed E-state index contributed by atoms with van der Waals surface area (Å²) < 4.78 is 21.3. The van der Waals surface area contributed by atoms with E-state index in [1.54, 1.807) is 28.9 Å². The first kappa shape index (κ1) is 15.4. The van der Waals surface area contributed by atoms with Crippen molar-refractivity contribution >= 4 is 11.6 Å². The van der Waals surface area contributed by atoms with Crippen molar-refractivity contribution in [2.24, 2.45) is 0 Å². The molecule has 6 heteroatoms. The third-order valence-electron chi connectivity index (χ3n) is 4.10. The number of halogens is 1. The van der Waals surface area contributed by atoms with Gasteiger partial charge in [0.15, 0.2) is 0 Å². The van der Waals surface area contributed by atoms with E-state index in [9.17, 15) is 9.18 Å². The number of para-hydroxylation sites is 2. The van der Waals surface area contributed by atoms with E-state index in [0.717, 1.165) is 5.75 Å². The number of carbonyl (C=O) groups excluding carboxylic acids is 1. The lowest BCUT2D eigenvalue weighted by atomic mass is 10.2. The van der Waals surface area contributed by atoms with Gasteiger partial charge in [0.1, 0.15) is 29.6 Å². The van der Waals surface area contributed by atoms with Gasteiger partial charge in [-0.2, -0.15) is 5.10 Å². The molecule has 25 heavy (non-hydrogen) atoms. The lowest BCUT2D eigenvalue weighted by Gasteiger charge is -2.27. The van der Waals surface area contributed by atoms with E-state index in [1.807, 2.05) is 30.3 Å². The molecule has 2 heterocycles. The molecular formula is C19H16FN3O2. The first-order chi connectivity index (χ1) is 12.2. The molecule has 0 N–H and O–H groups in total. The van der Waals surface area contributed by atoms with Crippen LogP contribution in [-0.4, -0.2) is 22.2 Å². The summed E-state index contributed by atoms with van der Waals surface area (Å²) in [5.41, 5.74) is 1.41. The molecule has 0 unspecified atom stereocenters. The third-order valence-corrected chi connectivity index (χ3v) is 4.10. The highest BCUT2D eigenvalue weighted by atomic mass is 19.1. The van der Waals surface area contributed by atoms with Crippen LogP contribution in [0.3, 0.4) is 0 Å². The molecule has 5 nitrogen and oxygen atoms in total. The van der Waals surface area contributed by atoms with Crippen molar-refractivity contribution in [1.82, 2.24) is 9.78 Å². The lowest BCUT2D eigenvalue weighted by Crippen LogP contribution is -2.40. The standard InChI is InChI=1S/C19H16FN3O2/c20-16-8-4-5-9-17(16)22-10-11-23-18(19(22)24)12-14(21-23)13-25-15-6-2-1-3-7-15/h1-9,12H,10-11,13H2. The fourth-order valence-corrected chi connectivity index (χ4v) is 2.89. The Labute approximate surface area is 144 Å².